The number of nitrogens with one attached hydrogen (secondary N) is 1. The fraction of sp³-hybridized carbons (Fsp3) is 0.353. The molecule has 1 fully saturated rings. The first-order chi connectivity index (χ1) is 12.1. The molecule has 1 saturated heterocycles. The number of phenolic OH excluding ortho intramolecular Hbond substituents is 1. The molecule has 0 spiro atoms. The van der Waals surface area contributed by atoms with Crippen LogP contribution in [-0.4, -0.2) is 48.8 Å². The van der Waals surface area contributed by atoms with Gasteiger partial charge in [0.25, 0.3) is 5.91 Å². The number of halogens is 2. The van der Waals surface area contributed by atoms with Crippen molar-refractivity contribution in [3.05, 3.63) is 51.7 Å². The molecule has 0 saturated carbocycles. The maximum absolute atomic E-state index is 13.8. The molecule has 8 heteroatoms. The van der Waals surface area contributed by atoms with Gasteiger partial charge in [-0.2, -0.15) is 0 Å². The topological polar surface area (TPSA) is 61.8 Å². The third kappa shape index (κ3) is 4.15. The summed E-state index contributed by atoms with van der Waals surface area (Å²) in [4.78, 5) is 15.5. The molecule has 1 aliphatic heterocycles. The minimum atomic E-state index is -1.09. The zero-order valence-electron chi connectivity index (χ0n) is 13.4. The van der Waals surface area contributed by atoms with Crippen molar-refractivity contribution in [3.63, 3.8) is 0 Å². The molecule has 2 heterocycles. The lowest BCUT2D eigenvalue weighted by Gasteiger charge is -2.34. The lowest BCUT2D eigenvalue weighted by atomic mass is 10.1. The van der Waals surface area contributed by atoms with Gasteiger partial charge < -0.3 is 15.2 Å². The van der Waals surface area contributed by atoms with Crippen LogP contribution in [0.3, 0.4) is 0 Å². The second kappa shape index (κ2) is 7.90. The summed E-state index contributed by atoms with van der Waals surface area (Å²) in [5.41, 5.74) is -0.548. The number of thiophene rings is 1. The van der Waals surface area contributed by atoms with Crippen molar-refractivity contribution in [2.75, 3.05) is 32.8 Å². The smallest absolute Gasteiger partial charge is 0.258 e. The van der Waals surface area contributed by atoms with E-state index in [1.807, 2.05) is 17.5 Å². The lowest BCUT2D eigenvalue weighted by Crippen LogP contribution is -2.43. The van der Waals surface area contributed by atoms with Crippen molar-refractivity contribution in [2.24, 2.45) is 0 Å². The van der Waals surface area contributed by atoms with E-state index < -0.39 is 28.9 Å². The number of hydrogen-bond donors (Lipinski definition) is 2. The summed E-state index contributed by atoms with van der Waals surface area (Å²) < 4.78 is 32.3. The predicted molar refractivity (Wildman–Crippen MR) is 89.8 cm³/mol. The van der Waals surface area contributed by atoms with Crippen molar-refractivity contribution < 1.29 is 23.4 Å². The number of amides is 1. The van der Waals surface area contributed by atoms with Crippen molar-refractivity contribution in [1.82, 2.24) is 10.2 Å². The Balaban J connectivity index is 1.74. The summed E-state index contributed by atoms with van der Waals surface area (Å²) in [6.07, 6.45) is 0. The molecule has 0 aliphatic carbocycles. The molecule has 1 amide bonds. The van der Waals surface area contributed by atoms with Gasteiger partial charge in [-0.05, 0) is 11.4 Å². The van der Waals surface area contributed by atoms with E-state index in [0.717, 1.165) is 24.0 Å². The molecule has 25 heavy (non-hydrogen) atoms. The Morgan fingerprint density at radius 2 is 2.12 bits per heavy atom. The SMILES string of the molecule is O=C(NC[C@H](c1cccs1)N1CCOCC1)c1c(O)cc(F)cc1F. The molecular formula is C17H18F2N2O3S. The molecular weight excluding hydrogens is 350 g/mol. The Morgan fingerprint density at radius 3 is 2.76 bits per heavy atom. The zero-order valence-corrected chi connectivity index (χ0v) is 14.2. The molecule has 5 nitrogen and oxygen atoms in total. The van der Waals surface area contributed by atoms with Gasteiger partial charge in [0.15, 0.2) is 0 Å². The van der Waals surface area contributed by atoms with Crippen LogP contribution in [-0.2, 0) is 4.74 Å². The quantitative estimate of drug-likeness (QED) is 0.852. The Bertz CT molecular complexity index is 710. The van der Waals surface area contributed by atoms with E-state index in [2.05, 4.69) is 10.2 Å². The van der Waals surface area contributed by atoms with Crippen molar-refractivity contribution >= 4 is 17.2 Å². The number of carbonyl (C=O) groups excluding carboxylic acids is 1. The third-order valence-electron chi connectivity index (χ3n) is 4.08. The Morgan fingerprint density at radius 1 is 1.36 bits per heavy atom. The number of ether oxygens (including phenoxy) is 1. The van der Waals surface area contributed by atoms with Gasteiger partial charge in [0.1, 0.15) is 22.9 Å². The number of nitrogens with zero attached hydrogens (tertiary/aromatic N) is 1. The summed E-state index contributed by atoms with van der Waals surface area (Å²) in [5.74, 6) is -3.51. The molecule has 2 N–H and O–H groups in total. The summed E-state index contributed by atoms with van der Waals surface area (Å²) >= 11 is 1.57. The van der Waals surface area contributed by atoms with Crippen molar-refractivity contribution in [3.8, 4) is 5.75 Å². The van der Waals surface area contributed by atoms with Crippen LogP contribution in [0, 0.1) is 11.6 Å². The zero-order chi connectivity index (χ0) is 17.8. The molecule has 0 radical (unpaired) electrons. The number of morpholine rings is 1. The molecule has 1 atom stereocenters. The average molecular weight is 368 g/mol. The maximum atomic E-state index is 13.8. The summed E-state index contributed by atoms with van der Waals surface area (Å²) in [6, 6.07) is 5.14. The largest absolute Gasteiger partial charge is 0.507 e. The molecule has 1 aliphatic rings. The number of hydrogen-bond acceptors (Lipinski definition) is 5. The first-order valence-electron chi connectivity index (χ1n) is 7.87. The minimum Gasteiger partial charge on any atom is -0.507 e. The fourth-order valence-corrected chi connectivity index (χ4v) is 3.70. The monoisotopic (exact) mass is 368 g/mol. The molecule has 134 valence electrons. The van der Waals surface area contributed by atoms with Gasteiger partial charge in [0.05, 0.1) is 19.3 Å². The second-order valence-electron chi connectivity index (χ2n) is 5.67. The standard InChI is InChI=1S/C17H18F2N2O3S/c18-11-8-12(19)16(14(22)9-11)17(23)20-10-13(15-2-1-7-25-15)21-3-5-24-6-4-21/h1-2,7-9,13,22H,3-6,10H2,(H,20,23)/t13-/m1/s1. The van der Waals surface area contributed by atoms with Gasteiger partial charge in [-0.15, -0.1) is 11.3 Å². The van der Waals surface area contributed by atoms with Gasteiger partial charge >= 0.3 is 0 Å². The number of aromatic hydroxyl groups is 1. The van der Waals surface area contributed by atoms with Gasteiger partial charge in [-0.1, -0.05) is 6.07 Å². The van der Waals surface area contributed by atoms with E-state index in [4.69, 9.17) is 4.74 Å². The second-order valence-corrected chi connectivity index (χ2v) is 6.65. The number of carbonyl (C=O) groups is 1. The predicted octanol–water partition coefficient (Wildman–Crippen LogP) is 2.54. The van der Waals surface area contributed by atoms with Crippen LogP contribution >= 0.6 is 11.3 Å². The van der Waals surface area contributed by atoms with E-state index in [9.17, 15) is 18.7 Å². The molecule has 0 unspecified atom stereocenters. The van der Waals surface area contributed by atoms with Crippen LogP contribution < -0.4 is 5.32 Å². The van der Waals surface area contributed by atoms with Crippen molar-refractivity contribution in [1.29, 1.82) is 0 Å². The highest BCUT2D eigenvalue weighted by molar-refractivity contribution is 7.10. The van der Waals surface area contributed by atoms with Gasteiger partial charge in [0.2, 0.25) is 0 Å². The van der Waals surface area contributed by atoms with Gasteiger partial charge in [-0.25, -0.2) is 8.78 Å². The molecule has 1 aromatic carbocycles. The third-order valence-corrected chi connectivity index (χ3v) is 5.05. The lowest BCUT2D eigenvalue weighted by molar-refractivity contribution is 0.0169. The van der Waals surface area contributed by atoms with E-state index in [-0.39, 0.29) is 12.6 Å². The molecule has 0 bridgehead atoms. The van der Waals surface area contributed by atoms with Gasteiger partial charge in [0, 0.05) is 36.6 Å². The van der Waals surface area contributed by atoms with E-state index in [1.54, 1.807) is 11.3 Å². The van der Waals surface area contributed by atoms with Gasteiger partial charge in [-0.3, -0.25) is 9.69 Å². The summed E-state index contributed by atoms with van der Waals surface area (Å²) in [7, 11) is 0. The van der Waals surface area contributed by atoms with Crippen LogP contribution in [0.1, 0.15) is 21.3 Å². The fourth-order valence-electron chi connectivity index (χ4n) is 2.84. The van der Waals surface area contributed by atoms with Crippen LogP contribution in [0.25, 0.3) is 0 Å². The highest BCUT2D eigenvalue weighted by Gasteiger charge is 2.25. The molecule has 2 aromatic rings. The van der Waals surface area contributed by atoms with E-state index in [0.29, 0.717) is 19.3 Å². The van der Waals surface area contributed by atoms with Crippen LogP contribution in [0.2, 0.25) is 0 Å². The number of phenols is 1. The highest BCUT2D eigenvalue weighted by Crippen LogP contribution is 2.26. The van der Waals surface area contributed by atoms with Crippen molar-refractivity contribution in [2.45, 2.75) is 6.04 Å². The van der Waals surface area contributed by atoms with E-state index >= 15 is 0 Å². The number of benzene rings is 1. The summed E-state index contributed by atoms with van der Waals surface area (Å²) in [6.45, 7) is 2.94. The normalized spacial score (nSPS) is 16.6. The van der Waals surface area contributed by atoms with E-state index in [1.165, 1.54) is 0 Å². The maximum Gasteiger partial charge on any atom is 0.258 e. The molecule has 1 aromatic heterocycles. The molecule has 3 rings (SSSR count). The summed E-state index contributed by atoms with van der Waals surface area (Å²) in [5, 5.41) is 14.3. The first-order valence-corrected chi connectivity index (χ1v) is 8.75. The van der Waals surface area contributed by atoms with Crippen LogP contribution in [0.5, 0.6) is 5.75 Å². The first kappa shape index (κ1) is 17.8. The number of rotatable bonds is 5. The highest BCUT2D eigenvalue weighted by atomic mass is 32.1. The van der Waals surface area contributed by atoms with Crippen LogP contribution in [0.4, 0.5) is 8.78 Å². The van der Waals surface area contributed by atoms with Crippen LogP contribution in [0.15, 0.2) is 29.6 Å². The Kier molecular flexibility index (Phi) is 5.62. The Labute approximate surface area is 147 Å². The Hall–Kier alpha value is -2.03. The average Bonchev–Trinajstić information content (AvgIpc) is 3.09. The minimum absolute atomic E-state index is 0.0708.